The van der Waals surface area contributed by atoms with Crippen molar-refractivity contribution in [1.82, 2.24) is 4.98 Å². The number of benzene rings is 1. The van der Waals surface area contributed by atoms with Gasteiger partial charge in [0, 0.05) is 17.0 Å². The summed E-state index contributed by atoms with van der Waals surface area (Å²) < 4.78 is 14.1. The van der Waals surface area contributed by atoms with Gasteiger partial charge in [-0.1, -0.05) is 46.3 Å². The van der Waals surface area contributed by atoms with Crippen molar-refractivity contribution in [2.75, 3.05) is 23.6 Å². The molecule has 0 aliphatic heterocycles. The van der Waals surface area contributed by atoms with Crippen molar-refractivity contribution in [3.63, 3.8) is 0 Å². The van der Waals surface area contributed by atoms with Gasteiger partial charge in [0.05, 0.1) is 20.5 Å². The lowest BCUT2D eigenvalue weighted by Crippen LogP contribution is -2.15. The van der Waals surface area contributed by atoms with Crippen LogP contribution >= 0.6 is 34.3 Å². The van der Waals surface area contributed by atoms with E-state index in [-0.39, 0.29) is 0 Å². The van der Waals surface area contributed by atoms with Gasteiger partial charge in [0.1, 0.15) is 4.83 Å². The molecule has 3 nitrogen and oxygen atoms in total. The van der Waals surface area contributed by atoms with Crippen molar-refractivity contribution in [3.05, 3.63) is 53.9 Å². The van der Waals surface area contributed by atoms with E-state index in [9.17, 15) is 4.21 Å². The minimum Gasteiger partial charge on any atom is -0.397 e. The van der Waals surface area contributed by atoms with Gasteiger partial charge < -0.3 is 5.73 Å². The van der Waals surface area contributed by atoms with E-state index >= 15 is 0 Å². The number of rotatable bonds is 6. The molecule has 0 atom stereocenters. The Balaban J connectivity index is 1.98. The fourth-order valence-electron chi connectivity index (χ4n) is 3.32. The van der Waals surface area contributed by atoms with Crippen LogP contribution in [-0.2, 0) is 9.93 Å². The summed E-state index contributed by atoms with van der Waals surface area (Å²) in [6.07, 6.45) is 2.52. The molecule has 0 aliphatic rings. The van der Waals surface area contributed by atoms with Crippen molar-refractivity contribution in [2.24, 2.45) is 0 Å². The molecule has 0 spiro atoms. The number of anilines is 1. The van der Waals surface area contributed by atoms with E-state index < -0.39 is 9.93 Å². The molecule has 146 valence electrons. The molecule has 0 unspecified atom stereocenters. The van der Waals surface area contributed by atoms with Crippen LogP contribution in [0.3, 0.4) is 0 Å². The molecule has 0 aliphatic carbocycles. The van der Waals surface area contributed by atoms with Crippen LogP contribution in [0.1, 0.15) is 6.42 Å². The average Bonchev–Trinajstić information content (AvgIpc) is 3.35. The molecular weight excluding hydrogens is 428 g/mol. The number of fused-ring (bicyclic) bond motifs is 1. The van der Waals surface area contributed by atoms with Crippen LogP contribution in [0.25, 0.3) is 31.9 Å². The first-order valence-electron chi connectivity index (χ1n) is 8.96. The number of aromatic nitrogens is 1. The molecule has 0 amide bonds. The number of nitrogens with two attached hydrogens (primary N) is 1. The predicted molar refractivity (Wildman–Crippen MR) is 127 cm³/mol. The number of pyridine rings is 1. The molecule has 2 N–H and O–H groups in total. The van der Waals surface area contributed by atoms with E-state index in [1.165, 1.54) is 11.3 Å². The van der Waals surface area contributed by atoms with E-state index in [0.717, 1.165) is 36.1 Å². The maximum absolute atomic E-state index is 13.4. The van der Waals surface area contributed by atoms with E-state index in [1.807, 2.05) is 35.9 Å². The molecular formula is C21H21ClN2OS3. The monoisotopic (exact) mass is 448 g/mol. The van der Waals surface area contributed by atoms with E-state index in [1.54, 1.807) is 11.3 Å². The highest BCUT2D eigenvalue weighted by atomic mass is 35.5. The van der Waals surface area contributed by atoms with Crippen LogP contribution in [0.4, 0.5) is 5.69 Å². The van der Waals surface area contributed by atoms with Crippen LogP contribution in [0.5, 0.6) is 0 Å². The van der Waals surface area contributed by atoms with Crippen LogP contribution in [0.15, 0.2) is 58.1 Å². The zero-order valence-corrected chi connectivity index (χ0v) is 18.7. The van der Waals surface area contributed by atoms with Crippen molar-refractivity contribution >= 4 is 60.1 Å². The lowest BCUT2D eigenvalue weighted by molar-refractivity contribution is 0.674. The molecule has 0 radical (unpaired) electrons. The molecule has 0 saturated heterocycles. The molecule has 1 aromatic carbocycles. The first-order valence-corrected chi connectivity index (χ1v) is 13.5. The van der Waals surface area contributed by atoms with Crippen molar-refractivity contribution < 1.29 is 4.21 Å². The summed E-state index contributed by atoms with van der Waals surface area (Å²) in [5, 5.41) is 2.95. The summed E-state index contributed by atoms with van der Waals surface area (Å²) >= 11 is 8.96. The van der Waals surface area contributed by atoms with E-state index in [0.29, 0.717) is 23.7 Å². The summed E-state index contributed by atoms with van der Waals surface area (Å²) in [6.45, 7) is 0. The normalized spacial score (nSPS) is 12.5. The van der Waals surface area contributed by atoms with Gasteiger partial charge in [-0.15, -0.1) is 34.3 Å². The third-order valence-corrected chi connectivity index (χ3v) is 10.4. The highest BCUT2D eigenvalue weighted by Crippen LogP contribution is 2.44. The topological polar surface area (TPSA) is 56.0 Å². The van der Waals surface area contributed by atoms with E-state index in [2.05, 4.69) is 24.3 Å². The summed E-state index contributed by atoms with van der Waals surface area (Å²) in [5.41, 5.74) is 10.2. The van der Waals surface area contributed by atoms with E-state index in [4.69, 9.17) is 22.3 Å². The van der Waals surface area contributed by atoms with Gasteiger partial charge in [0.15, 0.2) is 0 Å². The first-order chi connectivity index (χ1) is 13.5. The van der Waals surface area contributed by atoms with Crippen LogP contribution < -0.4 is 5.73 Å². The zero-order chi connectivity index (χ0) is 19.7. The highest BCUT2D eigenvalue weighted by Gasteiger charge is 2.24. The number of hydrogen-bond acceptors (Lipinski definition) is 5. The molecule has 28 heavy (non-hydrogen) atoms. The Morgan fingerprint density at radius 1 is 1.18 bits per heavy atom. The Hall–Kier alpha value is -1.73. The first kappa shape index (κ1) is 19.6. The van der Waals surface area contributed by atoms with Gasteiger partial charge in [0.2, 0.25) is 0 Å². The second-order valence-corrected chi connectivity index (χ2v) is 12.5. The highest BCUT2D eigenvalue weighted by molar-refractivity contribution is 8.04. The molecule has 3 heterocycles. The molecule has 0 saturated carbocycles. The van der Waals surface area contributed by atoms with Gasteiger partial charge in [-0.05, 0) is 41.3 Å². The summed E-state index contributed by atoms with van der Waals surface area (Å²) in [5.74, 6) is 1.06. The van der Waals surface area contributed by atoms with Crippen molar-refractivity contribution in [3.8, 4) is 21.7 Å². The van der Waals surface area contributed by atoms with Crippen molar-refractivity contribution in [2.45, 2.75) is 10.6 Å². The Labute approximate surface area is 178 Å². The number of thiol groups is 1. The molecule has 0 fully saturated rings. The summed E-state index contributed by atoms with van der Waals surface area (Å²) in [6, 6.07) is 16.4. The maximum Gasteiger partial charge on any atom is 0.127 e. The molecule has 3 aromatic heterocycles. The lowest BCUT2D eigenvalue weighted by Gasteiger charge is -2.17. The molecule has 0 bridgehead atoms. The standard InChI is InChI=1S/C21H21ClN2OS3/c1-28(25,12-6-10-22)21-19(23)18-15(14-7-3-2-4-8-14)13-16(24-20(18)27-21)17-9-5-11-26-17/h2-5,7-9,11,13,28H,6,10,12,23H2,1H3. The largest absolute Gasteiger partial charge is 0.397 e. The number of halogens is 1. The Bertz CT molecular complexity index is 1150. The Morgan fingerprint density at radius 2 is 1.96 bits per heavy atom. The Kier molecular flexibility index (Phi) is 5.56. The second kappa shape index (κ2) is 7.95. The number of nitrogen functional groups attached to an aromatic ring is 1. The fourth-order valence-corrected chi connectivity index (χ4v) is 8.08. The van der Waals surface area contributed by atoms with Crippen LogP contribution in [0, 0.1) is 0 Å². The maximum atomic E-state index is 13.4. The minimum atomic E-state index is -2.59. The summed E-state index contributed by atoms with van der Waals surface area (Å²) in [7, 11) is -2.59. The van der Waals surface area contributed by atoms with Crippen molar-refractivity contribution in [1.29, 1.82) is 0 Å². The third kappa shape index (κ3) is 3.62. The molecule has 4 rings (SSSR count). The molecule has 4 aromatic rings. The zero-order valence-electron chi connectivity index (χ0n) is 15.4. The fraction of sp³-hybridized carbons (Fsp3) is 0.190. The van der Waals surface area contributed by atoms with Gasteiger partial charge in [0.25, 0.3) is 0 Å². The van der Waals surface area contributed by atoms with Crippen LogP contribution in [-0.4, -0.2) is 27.1 Å². The minimum absolute atomic E-state index is 0.499. The third-order valence-electron chi connectivity index (χ3n) is 4.69. The lowest BCUT2D eigenvalue weighted by atomic mass is 10.0. The average molecular weight is 449 g/mol. The predicted octanol–water partition coefficient (Wildman–Crippen LogP) is 5.91. The van der Waals surface area contributed by atoms with Crippen LogP contribution in [0.2, 0.25) is 0 Å². The second-order valence-electron chi connectivity index (χ2n) is 6.77. The number of hydrogen-bond donors (Lipinski definition) is 2. The number of thiophene rings is 2. The summed E-state index contributed by atoms with van der Waals surface area (Å²) in [4.78, 5) is 6.82. The number of alkyl halides is 1. The van der Waals surface area contributed by atoms with Gasteiger partial charge in [-0.3, -0.25) is 4.21 Å². The quantitative estimate of drug-likeness (QED) is 0.285. The van der Waals surface area contributed by atoms with Gasteiger partial charge in [-0.25, -0.2) is 4.98 Å². The number of nitrogens with zero attached hydrogens (tertiary/aromatic N) is 1. The Morgan fingerprint density at radius 3 is 2.64 bits per heavy atom. The smallest absolute Gasteiger partial charge is 0.127 e. The van der Waals surface area contributed by atoms with Gasteiger partial charge >= 0.3 is 0 Å². The van der Waals surface area contributed by atoms with Gasteiger partial charge in [-0.2, -0.15) is 0 Å². The SMILES string of the molecule is C[SH](=O)(CCCCl)c1sc2nc(-c3cccs3)cc(-c3ccccc3)c2c1N. The molecule has 7 heteroatoms.